The van der Waals surface area contributed by atoms with E-state index >= 15 is 0 Å². The molecular formula is C96H100N8Si. The maximum absolute atomic E-state index is 5.29. The molecule has 0 amide bonds. The molecule has 528 valence electrons. The number of aromatic nitrogens is 4. The maximum Gasteiger partial charge on any atom is 0.179 e. The highest BCUT2D eigenvalue weighted by Gasteiger charge is 2.45. The molecule has 6 heterocycles. The van der Waals surface area contributed by atoms with Crippen LogP contribution in [0.2, 0.25) is 0 Å². The van der Waals surface area contributed by atoms with E-state index < -0.39 is 8.07 Å². The summed E-state index contributed by atoms with van der Waals surface area (Å²) in [6, 6.07) is 94.0. The van der Waals surface area contributed by atoms with E-state index in [1.54, 1.807) is 0 Å². The molecule has 4 aromatic heterocycles. The van der Waals surface area contributed by atoms with E-state index in [4.69, 9.17) is 9.97 Å². The Kier molecular flexibility index (Phi) is 16.3. The van der Waals surface area contributed by atoms with E-state index in [2.05, 4.69) is 396 Å². The monoisotopic (exact) mass is 1390 g/mol. The molecule has 0 aliphatic carbocycles. The minimum atomic E-state index is -3.73. The fraction of sp³-hybridized carbons (Fsp3) is 0.271. The van der Waals surface area contributed by atoms with Crippen LogP contribution in [0.4, 0.5) is 45.5 Å². The predicted octanol–water partition coefficient (Wildman–Crippen LogP) is 22.3. The second-order valence-electron chi connectivity index (χ2n) is 35.8. The number of pyridine rings is 2. The summed E-state index contributed by atoms with van der Waals surface area (Å²) in [6.45, 7) is 43.1. The molecule has 0 bridgehead atoms. The summed E-state index contributed by atoms with van der Waals surface area (Å²) in [7, 11) is -3.73. The summed E-state index contributed by atoms with van der Waals surface area (Å²) in [5.41, 5.74) is 21.2. The average molecular weight is 1390 g/mol. The van der Waals surface area contributed by atoms with Crippen molar-refractivity contribution >= 4 is 118 Å². The Morgan fingerprint density at radius 1 is 0.248 bits per heavy atom. The van der Waals surface area contributed by atoms with Crippen molar-refractivity contribution in [3.63, 3.8) is 0 Å². The zero-order valence-electron chi connectivity index (χ0n) is 64.7. The highest BCUT2D eigenvalue weighted by molar-refractivity contribution is 7.20. The van der Waals surface area contributed by atoms with Gasteiger partial charge in [-0.2, -0.15) is 0 Å². The van der Waals surface area contributed by atoms with Crippen LogP contribution in [0.5, 0.6) is 0 Å². The van der Waals surface area contributed by atoms with Crippen LogP contribution in [0.15, 0.2) is 255 Å². The second kappa shape index (κ2) is 24.8. The maximum atomic E-state index is 5.29. The number of nitrogens with zero attached hydrogens (tertiary/aromatic N) is 8. The van der Waals surface area contributed by atoms with E-state index in [0.29, 0.717) is 13.3 Å². The van der Waals surface area contributed by atoms with Crippen LogP contribution in [0.25, 0.3) is 55.2 Å². The average Bonchev–Trinajstić information content (AvgIpc) is 1.69. The predicted molar refractivity (Wildman–Crippen MR) is 451 cm³/mol. The lowest BCUT2D eigenvalue weighted by molar-refractivity contribution is 0.568. The third-order valence-electron chi connectivity index (χ3n) is 22.5. The molecule has 0 spiro atoms. The Labute approximate surface area is 623 Å². The molecule has 0 radical (unpaired) electrons. The topological polar surface area (TPSA) is 48.6 Å². The fourth-order valence-corrected chi connectivity index (χ4v) is 21.1. The zero-order chi connectivity index (χ0) is 73.7. The first kappa shape index (κ1) is 68.9. The fourth-order valence-electron chi connectivity index (χ4n) is 16.3. The lowest BCUT2D eigenvalue weighted by Gasteiger charge is -2.36. The summed E-state index contributed by atoms with van der Waals surface area (Å²) < 4.78 is 4.88. The van der Waals surface area contributed by atoms with Gasteiger partial charge in [0.05, 0.1) is 44.8 Å². The van der Waals surface area contributed by atoms with Crippen molar-refractivity contribution in [2.24, 2.45) is 0 Å². The normalized spacial score (nSPS) is 14.0. The van der Waals surface area contributed by atoms with Crippen molar-refractivity contribution in [1.82, 2.24) is 19.1 Å². The van der Waals surface area contributed by atoms with Gasteiger partial charge in [0.25, 0.3) is 0 Å². The van der Waals surface area contributed by atoms with Crippen LogP contribution in [-0.4, -0.2) is 40.5 Å². The molecule has 105 heavy (non-hydrogen) atoms. The molecular weight excluding hydrogens is 1290 g/mol. The Hall–Kier alpha value is -10.5. The lowest BCUT2D eigenvalue weighted by Crippen LogP contribution is -2.74. The van der Waals surface area contributed by atoms with Gasteiger partial charge in [-0.1, -0.05) is 246 Å². The minimum absolute atomic E-state index is 0.0605. The van der Waals surface area contributed by atoms with Gasteiger partial charge in [0, 0.05) is 56.7 Å². The molecule has 0 atom stereocenters. The molecule has 9 heteroatoms. The Morgan fingerprint density at radius 2 is 0.552 bits per heavy atom. The summed E-state index contributed by atoms with van der Waals surface area (Å²) in [5.74, 6) is 1.80. The molecule has 0 fully saturated rings. The molecule has 2 aliphatic heterocycles. The van der Waals surface area contributed by atoms with Gasteiger partial charge in [0.2, 0.25) is 0 Å². The van der Waals surface area contributed by atoms with Crippen molar-refractivity contribution in [3.8, 4) is 11.6 Å². The van der Waals surface area contributed by atoms with E-state index in [0.717, 1.165) is 45.1 Å². The van der Waals surface area contributed by atoms with Gasteiger partial charge in [0.1, 0.15) is 25.0 Å². The smallest absolute Gasteiger partial charge is 0.179 e. The zero-order valence-corrected chi connectivity index (χ0v) is 65.7. The molecule has 8 nitrogen and oxygen atoms in total. The lowest BCUT2D eigenvalue weighted by atomic mass is 9.80. The molecule has 14 aromatic rings. The highest BCUT2D eigenvalue weighted by atomic mass is 28.3. The van der Waals surface area contributed by atoms with Crippen molar-refractivity contribution in [1.29, 1.82) is 0 Å². The molecule has 0 saturated heterocycles. The highest BCUT2D eigenvalue weighted by Crippen LogP contribution is 2.49. The van der Waals surface area contributed by atoms with Crippen LogP contribution in [-0.2, 0) is 32.5 Å². The van der Waals surface area contributed by atoms with Crippen LogP contribution < -0.4 is 40.3 Å². The van der Waals surface area contributed by atoms with Gasteiger partial charge in [-0.05, 0) is 208 Å². The quantitative estimate of drug-likeness (QED) is 0.100. The van der Waals surface area contributed by atoms with Crippen molar-refractivity contribution in [2.45, 2.75) is 157 Å². The van der Waals surface area contributed by atoms with Gasteiger partial charge >= 0.3 is 0 Å². The summed E-state index contributed by atoms with van der Waals surface area (Å²) in [5, 5.41) is 9.78. The number of rotatable bonds is 10. The van der Waals surface area contributed by atoms with Crippen molar-refractivity contribution in [3.05, 3.63) is 288 Å². The summed E-state index contributed by atoms with van der Waals surface area (Å²) >= 11 is 0. The van der Waals surface area contributed by atoms with Crippen molar-refractivity contribution in [2.75, 3.05) is 32.9 Å². The second-order valence-corrected chi connectivity index (χ2v) is 39.6. The van der Waals surface area contributed by atoms with Crippen LogP contribution in [0, 0.1) is 0 Å². The van der Waals surface area contributed by atoms with Gasteiger partial charge in [0.15, 0.2) is 8.07 Å². The Morgan fingerprint density at radius 3 is 0.895 bits per heavy atom. The number of fused-ring (bicyclic) bond motifs is 8. The molecule has 0 saturated carbocycles. The van der Waals surface area contributed by atoms with Crippen LogP contribution in [0.1, 0.15) is 158 Å². The first-order valence-corrected chi connectivity index (χ1v) is 39.7. The van der Waals surface area contributed by atoms with Crippen molar-refractivity contribution < 1.29 is 0 Å². The number of hydrogen-bond donors (Lipinski definition) is 0. The van der Waals surface area contributed by atoms with E-state index in [1.807, 2.05) is 12.4 Å². The number of benzene rings is 10. The molecule has 10 aromatic carbocycles. The van der Waals surface area contributed by atoms with Crippen LogP contribution >= 0.6 is 0 Å². The largest absolute Gasteiger partial charge is 0.321 e. The molecule has 0 N–H and O–H groups in total. The van der Waals surface area contributed by atoms with Gasteiger partial charge in [-0.15, -0.1) is 0 Å². The number of anilines is 8. The van der Waals surface area contributed by atoms with Gasteiger partial charge in [-0.25, -0.2) is 9.97 Å². The number of hydrogen-bond acceptors (Lipinski definition) is 6. The van der Waals surface area contributed by atoms with Gasteiger partial charge in [-0.3, -0.25) is 9.13 Å². The summed E-state index contributed by atoms with van der Waals surface area (Å²) in [4.78, 5) is 20.8. The first-order valence-electron chi connectivity index (χ1n) is 37.7. The third kappa shape index (κ3) is 12.0. The first-order chi connectivity index (χ1) is 49.8. The van der Waals surface area contributed by atoms with E-state index in [-0.39, 0.29) is 32.5 Å². The molecule has 16 rings (SSSR count). The summed E-state index contributed by atoms with van der Waals surface area (Å²) in [6.07, 6.45) is 4.00. The minimum Gasteiger partial charge on any atom is -0.321 e. The molecule has 0 unspecified atom stereocenters. The Bertz CT molecular complexity index is 5330. The van der Waals surface area contributed by atoms with E-state index in [9.17, 15) is 0 Å². The number of para-hydroxylation sites is 6. The van der Waals surface area contributed by atoms with E-state index in [1.165, 1.54) is 110 Å². The standard InChI is InChI=1S/C96H100N8Si/c1-91(2,3)63-45-47-97-89(55-63)103-81-35-21-19-33-77(81)79-43-41-75(59-87(79)103)105(76-42-44-80-78-34-20-22-36-82(78)104(88(80)60-76)90-56-64(46-48-98-90)92(4,5)6,73-31-27-29-69(57-73)99-61-101(85-39-25-23-37-83(85)99)71-51-65(93(7,8)9)49-66(52-71)94(10,11)12)74-32-28-30-70(58-74)100-62-102(86-40-26-24-38-84(86)100)72-53-67(95(13,14)15)50-68(54-72)96(16,17)18/h19-60H,61-62H2,1-18H3. The third-order valence-corrected chi connectivity index (χ3v) is 27.2. The molecule has 2 aliphatic rings. The Balaban J connectivity index is 0.997. The van der Waals surface area contributed by atoms with Crippen LogP contribution in [0.3, 0.4) is 0 Å². The van der Waals surface area contributed by atoms with Gasteiger partial charge < -0.3 is 19.6 Å². The SMILES string of the molecule is CC(C)(C)c1cc(N2CN(c3cccc([Si](c4cccc(N5CN(c6cc(C(C)(C)C)cc(C(C)(C)C)c6)c6ccccc65)c4)(c4ccc5c6ccccc6n(-c6cc(C(C)(C)C)ccn6)c5c4)c4ccc5c6ccccc6n(-c6cc(C(C)(C)C)ccn6)c5c4)c3)c3ccccc32)cc(C(C)(C)C)c1.